The van der Waals surface area contributed by atoms with Gasteiger partial charge >= 0.3 is 0 Å². The molecule has 1 heterocycles. The van der Waals surface area contributed by atoms with Crippen molar-refractivity contribution in [1.82, 2.24) is 0 Å². The fourth-order valence-corrected chi connectivity index (χ4v) is 2.92. The maximum atomic E-state index is 12.4. The van der Waals surface area contributed by atoms with Crippen LogP contribution in [0.4, 0.5) is 5.69 Å². The zero-order chi connectivity index (χ0) is 12.5. The van der Waals surface area contributed by atoms with Crippen LogP contribution in [-0.4, -0.2) is 18.5 Å². The van der Waals surface area contributed by atoms with Gasteiger partial charge in [-0.1, -0.05) is 24.6 Å². The van der Waals surface area contributed by atoms with Crippen LogP contribution in [0.25, 0.3) is 0 Å². The van der Waals surface area contributed by atoms with Crippen LogP contribution in [0, 0.1) is 5.92 Å². The summed E-state index contributed by atoms with van der Waals surface area (Å²) in [7, 11) is 0. The predicted molar refractivity (Wildman–Crippen MR) is 72.4 cm³/mol. The Hall–Kier alpha value is -1.35. The number of amides is 1. The van der Waals surface area contributed by atoms with Gasteiger partial charge in [-0.25, -0.2) is 0 Å². The minimum Gasteiger partial charge on any atom is -0.326 e. The Morgan fingerprint density at radius 1 is 1.33 bits per heavy atom. The molecule has 1 aliphatic carbocycles. The number of fused-ring (bicyclic) bond motifs is 1. The molecule has 3 rings (SSSR count). The summed E-state index contributed by atoms with van der Waals surface area (Å²) < 4.78 is 0. The van der Waals surface area contributed by atoms with Crippen molar-refractivity contribution >= 4 is 11.6 Å². The molecule has 1 aromatic rings. The number of hydrogen-bond acceptors (Lipinski definition) is 2. The van der Waals surface area contributed by atoms with E-state index in [0.29, 0.717) is 18.9 Å². The Balaban J connectivity index is 1.80. The Bertz CT molecular complexity index is 454. The van der Waals surface area contributed by atoms with E-state index < -0.39 is 0 Å². The molecule has 1 fully saturated rings. The lowest BCUT2D eigenvalue weighted by atomic mass is 9.82. The Labute approximate surface area is 108 Å². The number of nitrogens with zero attached hydrogens (tertiary/aromatic N) is 1. The van der Waals surface area contributed by atoms with E-state index in [-0.39, 0.29) is 11.9 Å². The first kappa shape index (κ1) is 11.7. The molecule has 0 spiro atoms. The van der Waals surface area contributed by atoms with Crippen LogP contribution in [0.3, 0.4) is 0 Å². The van der Waals surface area contributed by atoms with Gasteiger partial charge in [0.25, 0.3) is 0 Å². The summed E-state index contributed by atoms with van der Waals surface area (Å²) >= 11 is 0. The highest BCUT2D eigenvalue weighted by Gasteiger charge is 2.29. The van der Waals surface area contributed by atoms with Gasteiger partial charge in [0.05, 0.1) is 0 Å². The van der Waals surface area contributed by atoms with Gasteiger partial charge in [-0.15, -0.1) is 0 Å². The summed E-state index contributed by atoms with van der Waals surface area (Å²) in [5.74, 6) is 0.866. The maximum Gasteiger partial charge on any atom is 0.227 e. The Morgan fingerprint density at radius 3 is 2.83 bits per heavy atom. The van der Waals surface area contributed by atoms with E-state index >= 15 is 0 Å². The number of benzene rings is 1. The Kier molecular flexibility index (Phi) is 3.08. The molecule has 0 saturated heterocycles. The normalized spacial score (nSPS) is 23.4. The number of anilines is 1. The molecule has 1 atom stereocenters. The zero-order valence-corrected chi connectivity index (χ0v) is 10.6. The van der Waals surface area contributed by atoms with Crippen LogP contribution in [0.1, 0.15) is 31.2 Å². The lowest BCUT2D eigenvalue weighted by Gasteiger charge is -2.35. The number of carbonyl (C=O) groups excluding carboxylic acids is 1. The van der Waals surface area contributed by atoms with E-state index in [1.54, 1.807) is 0 Å². The maximum absolute atomic E-state index is 12.4. The molecule has 0 bridgehead atoms. The molecule has 1 unspecified atom stereocenters. The summed E-state index contributed by atoms with van der Waals surface area (Å²) in [6, 6.07) is 8.22. The van der Waals surface area contributed by atoms with Crippen molar-refractivity contribution in [2.75, 3.05) is 11.4 Å². The van der Waals surface area contributed by atoms with Crippen molar-refractivity contribution in [3.8, 4) is 0 Å². The highest BCUT2D eigenvalue weighted by Crippen LogP contribution is 2.32. The van der Waals surface area contributed by atoms with Gasteiger partial charge in [0.1, 0.15) is 0 Å². The highest BCUT2D eigenvalue weighted by atomic mass is 16.2. The summed E-state index contributed by atoms with van der Waals surface area (Å²) in [6.07, 6.45) is 5.29. The van der Waals surface area contributed by atoms with Gasteiger partial charge in [0.15, 0.2) is 0 Å². The largest absolute Gasteiger partial charge is 0.326 e. The van der Waals surface area contributed by atoms with Gasteiger partial charge in [0, 0.05) is 24.7 Å². The molecular formula is C15H20N2O. The number of hydrogen-bond donors (Lipinski definition) is 1. The molecule has 1 saturated carbocycles. The van der Waals surface area contributed by atoms with Gasteiger partial charge in [-0.05, 0) is 36.8 Å². The third-order valence-electron chi connectivity index (χ3n) is 4.17. The topological polar surface area (TPSA) is 46.3 Å². The van der Waals surface area contributed by atoms with Crippen molar-refractivity contribution in [3.63, 3.8) is 0 Å². The van der Waals surface area contributed by atoms with Crippen molar-refractivity contribution in [2.24, 2.45) is 11.7 Å². The summed E-state index contributed by atoms with van der Waals surface area (Å²) in [6.45, 7) is 0.669. The second-order valence-electron chi connectivity index (χ2n) is 5.60. The first-order valence-corrected chi connectivity index (χ1v) is 6.88. The smallest absolute Gasteiger partial charge is 0.227 e. The summed E-state index contributed by atoms with van der Waals surface area (Å²) in [5, 5.41) is 0. The fraction of sp³-hybridized carbons (Fsp3) is 0.533. The monoisotopic (exact) mass is 244 g/mol. The second-order valence-corrected chi connectivity index (χ2v) is 5.60. The molecule has 3 heteroatoms. The van der Waals surface area contributed by atoms with E-state index in [1.807, 2.05) is 23.1 Å². The van der Waals surface area contributed by atoms with Crippen molar-refractivity contribution in [2.45, 2.75) is 38.1 Å². The van der Waals surface area contributed by atoms with Gasteiger partial charge in [0.2, 0.25) is 5.91 Å². The zero-order valence-electron chi connectivity index (χ0n) is 10.6. The first-order valence-electron chi connectivity index (χ1n) is 6.88. The third-order valence-corrected chi connectivity index (χ3v) is 4.17. The van der Waals surface area contributed by atoms with Crippen LogP contribution < -0.4 is 10.6 Å². The average Bonchev–Trinajstić information content (AvgIpc) is 2.32. The highest BCUT2D eigenvalue weighted by molar-refractivity contribution is 5.95. The quantitative estimate of drug-likeness (QED) is 0.866. The first-order chi connectivity index (χ1) is 8.74. The lowest BCUT2D eigenvalue weighted by Crippen LogP contribution is -2.46. The number of para-hydroxylation sites is 1. The summed E-state index contributed by atoms with van der Waals surface area (Å²) in [4.78, 5) is 14.3. The van der Waals surface area contributed by atoms with Crippen LogP contribution in [0.2, 0.25) is 0 Å². The van der Waals surface area contributed by atoms with E-state index in [9.17, 15) is 4.79 Å². The molecule has 1 amide bonds. The number of rotatable bonds is 2. The van der Waals surface area contributed by atoms with Gasteiger partial charge in [-0.3, -0.25) is 4.79 Å². The van der Waals surface area contributed by atoms with Crippen molar-refractivity contribution in [1.29, 1.82) is 0 Å². The number of nitrogens with two attached hydrogens (primary N) is 1. The molecule has 0 radical (unpaired) electrons. The molecular weight excluding hydrogens is 224 g/mol. The minimum atomic E-state index is 0.0743. The fourth-order valence-electron chi connectivity index (χ4n) is 2.92. The van der Waals surface area contributed by atoms with Crippen LogP contribution >= 0.6 is 0 Å². The summed E-state index contributed by atoms with van der Waals surface area (Å²) in [5.41, 5.74) is 8.34. The SMILES string of the molecule is NC1Cc2ccccc2N(C(=O)CC2CCC2)C1. The second kappa shape index (κ2) is 4.73. The minimum absolute atomic E-state index is 0.0743. The molecule has 3 nitrogen and oxygen atoms in total. The molecule has 1 aliphatic heterocycles. The number of carbonyl (C=O) groups is 1. The lowest BCUT2D eigenvalue weighted by molar-refractivity contribution is -0.120. The molecule has 2 aliphatic rings. The average molecular weight is 244 g/mol. The van der Waals surface area contributed by atoms with Crippen molar-refractivity contribution in [3.05, 3.63) is 29.8 Å². The molecule has 2 N–H and O–H groups in total. The van der Waals surface area contributed by atoms with Crippen molar-refractivity contribution < 1.29 is 4.79 Å². The van der Waals surface area contributed by atoms with Gasteiger partial charge < -0.3 is 10.6 Å². The van der Waals surface area contributed by atoms with E-state index in [1.165, 1.54) is 24.8 Å². The standard InChI is InChI=1S/C15H20N2O/c16-13-9-12-6-1-2-7-14(12)17(10-13)15(18)8-11-4-3-5-11/h1-2,6-7,11,13H,3-5,8-10,16H2. The molecule has 18 heavy (non-hydrogen) atoms. The molecule has 0 aromatic heterocycles. The van der Waals surface area contributed by atoms with E-state index in [4.69, 9.17) is 5.73 Å². The third kappa shape index (κ3) is 2.15. The molecule has 1 aromatic carbocycles. The van der Waals surface area contributed by atoms with Crippen LogP contribution in [-0.2, 0) is 11.2 Å². The van der Waals surface area contributed by atoms with E-state index in [2.05, 4.69) is 6.07 Å². The molecule has 96 valence electrons. The Morgan fingerprint density at radius 2 is 2.11 bits per heavy atom. The van der Waals surface area contributed by atoms with Crippen LogP contribution in [0.5, 0.6) is 0 Å². The van der Waals surface area contributed by atoms with Crippen LogP contribution in [0.15, 0.2) is 24.3 Å². The van der Waals surface area contributed by atoms with Gasteiger partial charge in [-0.2, -0.15) is 0 Å². The predicted octanol–water partition coefficient (Wildman–Crippen LogP) is 2.09. The van der Waals surface area contributed by atoms with E-state index in [0.717, 1.165) is 12.1 Å².